The normalized spacial score (nSPS) is 16.5. The Morgan fingerprint density at radius 3 is 2.53 bits per heavy atom. The molecular formula is C24H19N3O3. The van der Waals surface area contributed by atoms with Crippen molar-refractivity contribution in [2.24, 2.45) is 0 Å². The topological polar surface area (TPSA) is 83.4 Å². The molecule has 1 N–H and O–H groups in total. The van der Waals surface area contributed by atoms with Gasteiger partial charge in [0.2, 0.25) is 0 Å². The molecule has 3 heterocycles. The van der Waals surface area contributed by atoms with Crippen LogP contribution < -0.4 is 0 Å². The van der Waals surface area contributed by atoms with Crippen molar-refractivity contribution in [3.63, 3.8) is 0 Å². The minimum atomic E-state index is -0.785. The van der Waals surface area contributed by atoms with Crippen LogP contribution in [0.4, 0.5) is 0 Å². The molecule has 1 amide bonds. The number of ketones is 1. The van der Waals surface area contributed by atoms with E-state index in [4.69, 9.17) is 0 Å². The molecule has 0 saturated heterocycles. The van der Waals surface area contributed by atoms with Crippen LogP contribution in [-0.2, 0) is 16.1 Å². The van der Waals surface area contributed by atoms with Gasteiger partial charge in [0, 0.05) is 25.1 Å². The molecule has 148 valence electrons. The molecule has 1 aliphatic heterocycles. The number of carbonyl (C=O) groups is 2. The lowest BCUT2D eigenvalue weighted by molar-refractivity contribution is -0.130. The zero-order valence-corrected chi connectivity index (χ0v) is 16.1. The van der Waals surface area contributed by atoms with E-state index in [1.807, 2.05) is 36.4 Å². The summed E-state index contributed by atoms with van der Waals surface area (Å²) in [7, 11) is 0. The molecule has 1 aliphatic rings. The van der Waals surface area contributed by atoms with Crippen molar-refractivity contribution in [2.45, 2.75) is 12.6 Å². The number of nitrogens with zero attached hydrogens (tertiary/aromatic N) is 3. The van der Waals surface area contributed by atoms with Crippen molar-refractivity contribution in [2.75, 3.05) is 0 Å². The number of aromatic nitrogens is 2. The maximum absolute atomic E-state index is 13.0. The quantitative estimate of drug-likeness (QED) is 0.642. The number of carbonyl (C=O) groups excluding carboxylic acids is 2. The Hall–Kier alpha value is -4.06. The second-order valence-electron chi connectivity index (χ2n) is 6.82. The number of hydrogen-bond acceptors (Lipinski definition) is 5. The Kier molecular flexibility index (Phi) is 5.48. The molecule has 0 saturated carbocycles. The lowest BCUT2D eigenvalue weighted by Crippen LogP contribution is -2.31. The van der Waals surface area contributed by atoms with Gasteiger partial charge in [-0.15, -0.1) is 0 Å². The third kappa shape index (κ3) is 3.89. The summed E-state index contributed by atoms with van der Waals surface area (Å²) in [6.07, 6.45) is 7.92. The van der Waals surface area contributed by atoms with Crippen molar-refractivity contribution < 1.29 is 14.7 Å². The smallest absolute Gasteiger partial charge is 0.290 e. The van der Waals surface area contributed by atoms with Crippen LogP contribution in [0.1, 0.15) is 22.9 Å². The first-order valence-electron chi connectivity index (χ1n) is 9.46. The maximum atomic E-state index is 13.0. The molecule has 0 aliphatic carbocycles. The number of pyridine rings is 2. The van der Waals surface area contributed by atoms with Gasteiger partial charge in [0.05, 0.1) is 11.3 Å². The molecule has 6 heteroatoms. The highest BCUT2D eigenvalue weighted by Crippen LogP contribution is 2.38. The first-order valence-corrected chi connectivity index (χ1v) is 9.46. The lowest BCUT2D eigenvalue weighted by Gasteiger charge is -2.25. The molecule has 2 aromatic heterocycles. The number of benzene rings is 1. The molecule has 30 heavy (non-hydrogen) atoms. The average molecular weight is 397 g/mol. The molecule has 1 unspecified atom stereocenters. The fraction of sp³-hybridized carbons (Fsp3) is 0.0833. The van der Waals surface area contributed by atoms with Crippen LogP contribution in [0.3, 0.4) is 0 Å². The van der Waals surface area contributed by atoms with Crippen LogP contribution in [0.25, 0.3) is 6.08 Å². The van der Waals surface area contributed by atoms with E-state index in [1.54, 1.807) is 48.9 Å². The highest BCUT2D eigenvalue weighted by Gasteiger charge is 2.43. The minimum Gasteiger partial charge on any atom is -0.503 e. The molecule has 4 rings (SSSR count). The molecule has 1 atom stereocenters. The molecule has 3 aromatic rings. The minimum absolute atomic E-state index is 0.0229. The summed E-state index contributed by atoms with van der Waals surface area (Å²) in [5, 5.41) is 10.6. The van der Waals surface area contributed by atoms with Gasteiger partial charge < -0.3 is 10.0 Å². The zero-order valence-electron chi connectivity index (χ0n) is 16.1. The molecule has 0 bridgehead atoms. The van der Waals surface area contributed by atoms with E-state index in [1.165, 1.54) is 11.0 Å². The van der Waals surface area contributed by atoms with Gasteiger partial charge in [-0.05, 0) is 35.4 Å². The SMILES string of the molecule is O=C(/C=C/c1ccccc1)C1=C(O)C(=O)N(Cc2cccnc2)C1c1ccccn1. The fourth-order valence-electron chi connectivity index (χ4n) is 3.43. The summed E-state index contributed by atoms with van der Waals surface area (Å²) < 4.78 is 0. The van der Waals surface area contributed by atoms with Crippen molar-refractivity contribution in [3.05, 3.63) is 113 Å². The van der Waals surface area contributed by atoms with E-state index in [-0.39, 0.29) is 12.1 Å². The van der Waals surface area contributed by atoms with Crippen LogP contribution in [0.15, 0.2) is 96.7 Å². The molecule has 6 nitrogen and oxygen atoms in total. The maximum Gasteiger partial charge on any atom is 0.290 e. The third-order valence-electron chi connectivity index (χ3n) is 4.84. The number of hydrogen-bond donors (Lipinski definition) is 1. The van der Waals surface area contributed by atoms with Crippen LogP contribution in [0.5, 0.6) is 0 Å². The van der Waals surface area contributed by atoms with Crippen molar-refractivity contribution in [3.8, 4) is 0 Å². The van der Waals surface area contributed by atoms with Gasteiger partial charge in [-0.1, -0.05) is 48.5 Å². The Bertz CT molecular complexity index is 1110. The Balaban J connectivity index is 1.70. The summed E-state index contributed by atoms with van der Waals surface area (Å²) in [4.78, 5) is 35.8. The second-order valence-corrected chi connectivity index (χ2v) is 6.82. The van der Waals surface area contributed by atoms with Gasteiger partial charge in [-0.2, -0.15) is 0 Å². The van der Waals surface area contributed by atoms with E-state index < -0.39 is 23.5 Å². The summed E-state index contributed by atoms with van der Waals surface area (Å²) in [5.41, 5.74) is 2.16. The first kappa shape index (κ1) is 19.3. The molecule has 0 radical (unpaired) electrons. The van der Waals surface area contributed by atoms with Crippen molar-refractivity contribution >= 4 is 17.8 Å². The Morgan fingerprint density at radius 2 is 1.83 bits per heavy atom. The molecule has 0 spiro atoms. The Morgan fingerprint density at radius 1 is 1.03 bits per heavy atom. The lowest BCUT2D eigenvalue weighted by atomic mass is 9.99. The fourth-order valence-corrected chi connectivity index (χ4v) is 3.43. The second kappa shape index (κ2) is 8.53. The predicted octanol–water partition coefficient (Wildman–Crippen LogP) is 3.65. The van der Waals surface area contributed by atoms with E-state index in [0.29, 0.717) is 5.69 Å². The van der Waals surface area contributed by atoms with Gasteiger partial charge in [-0.3, -0.25) is 19.6 Å². The largest absolute Gasteiger partial charge is 0.503 e. The molecule has 1 aromatic carbocycles. The van der Waals surface area contributed by atoms with Gasteiger partial charge in [0.1, 0.15) is 6.04 Å². The summed E-state index contributed by atoms with van der Waals surface area (Å²) in [6, 6.07) is 17.4. The van der Waals surface area contributed by atoms with E-state index in [0.717, 1.165) is 11.1 Å². The van der Waals surface area contributed by atoms with Crippen LogP contribution >= 0.6 is 0 Å². The van der Waals surface area contributed by atoms with Crippen molar-refractivity contribution in [1.82, 2.24) is 14.9 Å². The standard InChI is InChI=1S/C24H19N3O3/c28-20(12-11-17-7-2-1-3-8-17)21-22(19-10-4-5-14-26-19)27(24(30)23(21)29)16-18-9-6-13-25-15-18/h1-15,22,29H,16H2/b12-11+. The van der Waals surface area contributed by atoms with Crippen LogP contribution in [0, 0.1) is 0 Å². The van der Waals surface area contributed by atoms with Crippen LogP contribution in [0.2, 0.25) is 0 Å². The summed E-state index contributed by atoms with van der Waals surface area (Å²) >= 11 is 0. The number of allylic oxidation sites excluding steroid dienone is 1. The van der Waals surface area contributed by atoms with Crippen LogP contribution in [-0.4, -0.2) is 31.7 Å². The number of aliphatic hydroxyl groups is 1. The van der Waals surface area contributed by atoms with Gasteiger partial charge in [0.25, 0.3) is 5.91 Å². The van der Waals surface area contributed by atoms with E-state index >= 15 is 0 Å². The summed E-state index contributed by atoms with van der Waals surface area (Å²) in [5.74, 6) is -1.59. The molecule has 0 fully saturated rings. The monoisotopic (exact) mass is 397 g/mol. The predicted molar refractivity (Wildman–Crippen MR) is 112 cm³/mol. The van der Waals surface area contributed by atoms with Gasteiger partial charge >= 0.3 is 0 Å². The number of amides is 1. The number of aliphatic hydroxyl groups excluding tert-OH is 1. The highest BCUT2D eigenvalue weighted by molar-refractivity contribution is 6.14. The van der Waals surface area contributed by atoms with E-state index in [2.05, 4.69) is 9.97 Å². The average Bonchev–Trinajstić information content (AvgIpc) is 3.04. The molecular weight excluding hydrogens is 378 g/mol. The number of rotatable bonds is 6. The highest BCUT2D eigenvalue weighted by atomic mass is 16.3. The van der Waals surface area contributed by atoms with E-state index in [9.17, 15) is 14.7 Å². The van der Waals surface area contributed by atoms with Crippen molar-refractivity contribution in [1.29, 1.82) is 0 Å². The Labute approximate surface area is 173 Å². The zero-order chi connectivity index (χ0) is 20.9. The third-order valence-corrected chi connectivity index (χ3v) is 4.84. The van der Waals surface area contributed by atoms with Gasteiger partial charge in [0.15, 0.2) is 11.5 Å². The van der Waals surface area contributed by atoms with Gasteiger partial charge in [-0.25, -0.2) is 0 Å². The summed E-state index contributed by atoms with van der Waals surface area (Å²) in [6.45, 7) is 0.192. The first-order chi connectivity index (χ1) is 14.6.